The molecule has 1 fully saturated rings. The molecule has 0 amide bonds. The summed E-state index contributed by atoms with van der Waals surface area (Å²) in [5, 5.41) is 0. The molecule has 3 atom stereocenters. The minimum atomic E-state index is -0.369. The Morgan fingerprint density at radius 3 is 2.53 bits per heavy atom. The Balaban J connectivity index is 2.37. The van der Waals surface area contributed by atoms with Gasteiger partial charge in [-0.25, -0.2) is 0 Å². The van der Waals surface area contributed by atoms with Crippen molar-refractivity contribution in [2.45, 2.75) is 39.3 Å². The lowest BCUT2D eigenvalue weighted by Crippen LogP contribution is -2.13. The quantitative estimate of drug-likeness (QED) is 0.621. The van der Waals surface area contributed by atoms with Crippen LogP contribution in [-0.4, -0.2) is 25.5 Å². The largest absolute Gasteiger partial charge is 0.497 e. The third kappa shape index (κ3) is 3.05. The van der Waals surface area contributed by atoms with Gasteiger partial charge in [0.05, 0.1) is 13.2 Å². The van der Waals surface area contributed by atoms with Gasteiger partial charge in [-0.3, -0.25) is 4.79 Å². The molecule has 19 heavy (non-hydrogen) atoms. The van der Waals surface area contributed by atoms with Gasteiger partial charge in [-0.05, 0) is 32.0 Å². The van der Waals surface area contributed by atoms with Crippen LogP contribution in [0.15, 0.2) is 18.2 Å². The molecule has 0 N–H and O–H groups in total. The first-order chi connectivity index (χ1) is 9.01. The van der Waals surface area contributed by atoms with Crippen LogP contribution in [0.5, 0.6) is 11.5 Å². The van der Waals surface area contributed by atoms with E-state index in [2.05, 4.69) is 0 Å². The van der Waals surface area contributed by atoms with Crippen molar-refractivity contribution in [3.63, 3.8) is 0 Å². The minimum Gasteiger partial charge on any atom is -0.497 e. The smallest absolute Gasteiger partial charge is 0.308 e. The molecule has 104 valence electrons. The summed E-state index contributed by atoms with van der Waals surface area (Å²) >= 11 is 0. The topological polar surface area (TPSA) is 54.0 Å². The van der Waals surface area contributed by atoms with E-state index in [0.717, 1.165) is 5.56 Å². The standard InChI is InChI=1S/C14H18O5/c1-8-14(19-10(3)17-8)12-7-11(16-4)5-6-13(12)18-9(2)15/h5-8,10,14H,1-4H3/t8-,10-,14-/m0/s1. The second-order valence-electron chi connectivity index (χ2n) is 4.46. The second-order valence-corrected chi connectivity index (χ2v) is 4.46. The molecule has 5 heteroatoms. The molecule has 5 nitrogen and oxygen atoms in total. The van der Waals surface area contributed by atoms with Crippen molar-refractivity contribution in [1.29, 1.82) is 0 Å². The Morgan fingerprint density at radius 2 is 2.00 bits per heavy atom. The first-order valence-electron chi connectivity index (χ1n) is 6.18. The Labute approximate surface area is 112 Å². The highest BCUT2D eigenvalue weighted by molar-refractivity contribution is 5.70. The molecule has 1 aliphatic heterocycles. The zero-order valence-corrected chi connectivity index (χ0v) is 11.5. The van der Waals surface area contributed by atoms with E-state index >= 15 is 0 Å². The summed E-state index contributed by atoms with van der Waals surface area (Å²) in [6.07, 6.45) is -0.674. The van der Waals surface area contributed by atoms with Crippen LogP contribution >= 0.6 is 0 Å². The Bertz CT molecular complexity index is 471. The van der Waals surface area contributed by atoms with Crippen LogP contribution in [0.4, 0.5) is 0 Å². The highest BCUT2D eigenvalue weighted by Crippen LogP contribution is 2.38. The molecule has 0 bridgehead atoms. The van der Waals surface area contributed by atoms with Gasteiger partial charge in [0.25, 0.3) is 0 Å². The van der Waals surface area contributed by atoms with Crippen molar-refractivity contribution in [3.8, 4) is 11.5 Å². The van der Waals surface area contributed by atoms with Gasteiger partial charge in [-0.2, -0.15) is 0 Å². The fourth-order valence-electron chi connectivity index (χ4n) is 2.17. The lowest BCUT2D eigenvalue weighted by Gasteiger charge is -2.17. The van der Waals surface area contributed by atoms with Crippen LogP contribution < -0.4 is 9.47 Å². The van der Waals surface area contributed by atoms with E-state index in [1.165, 1.54) is 6.92 Å². The van der Waals surface area contributed by atoms with Crippen LogP contribution in [0.2, 0.25) is 0 Å². The van der Waals surface area contributed by atoms with Crippen LogP contribution in [0.1, 0.15) is 32.4 Å². The molecule has 1 saturated heterocycles. The lowest BCUT2D eigenvalue weighted by molar-refractivity contribution is -0.132. The van der Waals surface area contributed by atoms with E-state index in [1.807, 2.05) is 13.8 Å². The summed E-state index contributed by atoms with van der Waals surface area (Å²) < 4.78 is 21.7. The van der Waals surface area contributed by atoms with Crippen molar-refractivity contribution < 1.29 is 23.7 Å². The molecule has 0 radical (unpaired) electrons. The Morgan fingerprint density at radius 1 is 1.26 bits per heavy atom. The molecule has 1 aromatic rings. The number of benzene rings is 1. The SMILES string of the molecule is COc1ccc(OC(C)=O)c([C@H]2O[C@@H](C)O[C@H]2C)c1. The van der Waals surface area contributed by atoms with Gasteiger partial charge in [0.1, 0.15) is 17.6 Å². The highest BCUT2D eigenvalue weighted by atomic mass is 16.7. The van der Waals surface area contributed by atoms with Gasteiger partial charge in [-0.15, -0.1) is 0 Å². The molecule has 2 rings (SSSR count). The predicted molar refractivity (Wildman–Crippen MR) is 68.1 cm³/mol. The van der Waals surface area contributed by atoms with Crippen molar-refractivity contribution in [2.24, 2.45) is 0 Å². The molecule has 1 aliphatic rings. The molecular formula is C14H18O5. The van der Waals surface area contributed by atoms with Gasteiger partial charge in [0, 0.05) is 12.5 Å². The Hall–Kier alpha value is -1.59. The molecular weight excluding hydrogens is 248 g/mol. The third-order valence-corrected chi connectivity index (χ3v) is 2.95. The average molecular weight is 266 g/mol. The van der Waals surface area contributed by atoms with Crippen LogP contribution in [-0.2, 0) is 14.3 Å². The summed E-state index contributed by atoms with van der Waals surface area (Å²) in [7, 11) is 1.59. The monoisotopic (exact) mass is 266 g/mol. The van der Waals surface area contributed by atoms with Crippen molar-refractivity contribution >= 4 is 5.97 Å². The van der Waals surface area contributed by atoms with E-state index in [0.29, 0.717) is 11.5 Å². The molecule has 0 spiro atoms. The number of hydrogen-bond donors (Lipinski definition) is 0. The zero-order chi connectivity index (χ0) is 14.0. The first kappa shape index (κ1) is 13.8. The number of rotatable bonds is 3. The van der Waals surface area contributed by atoms with E-state index < -0.39 is 0 Å². The van der Waals surface area contributed by atoms with Gasteiger partial charge in [0.2, 0.25) is 0 Å². The molecule has 0 unspecified atom stereocenters. The van der Waals surface area contributed by atoms with E-state index in [1.54, 1.807) is 25.3 Å². The maximum absolute atomic E-state index is 11.2. The van der Waals surface area contributed by atoms with Gasteiger partial charge >= 0.3 is 5.97 Å². The number of ether oxygens (including phenoxy) is 4. The maximum atomic E-state index is 11.2. The molecule has 0 aliphatic carbocycles. The van der Waals surface area contributed by atoms with Crippen LogP contribution in [0, 0.1) is 0 Å². The fourth-order valence-corrected chi connectivity index (χ4v) is 2.17. The van der Waals surface area contributed by atoms with Crippen molar-refractivity contribution in [3.05, 3.63) is 23.8 Å². The lowest BCUT2D eigenvalue weighted by atomic mass is 10.0. The summed E-state index contributed by atoms with van der Waals surface area (Å²) in [6.45, 7) is 5.12. The van der Waals surface area contributed by atoms with Gasteiger partial charge in [-0.1, -0.05) is 0 Å². The summed E-state index contributed by atoms with van der Waals surface area (Å²) in [5.74, 6) is 0.787. The summed E-state index contributed by atoms with van der Waals surface area (Å²) in [5.41, 5.74) is 0.756. The molecule has 0 saturated carbocycles. The first-order valence-corrected chi connectivity index (χ1v) is 6.18. The van der Waals surface area contributed by atoms with Gasteiger partial charge in [0.15, 0.2) is 6.29 Å². The summed E-state index contributed by atoms with van der Waals surface area (Å²) in [6, 6.07) is 5.25. The average Bonchev–Trinajstić information content (AvgIpc) is 2.68. The minimum absolute atomic E-state index is 0.114. The Kier molecular flexibility index (Phi) is 4.07. The summed E-state index contributed by atoms with van der Waals surface area (Å²) in [4.78, 5) is 11.2. The van der Waals surface area contributed by atoms with Crippen LogP contribution in [0.3, 0.4) is 0 Å². The maximum Gasteiger partial charge on any atom is 0.308 e. The third-order valence-electron chi connectivity index (χ3n) is 2.95. The fraction of sp³-hybridized carbons (Fsp3) is 0.500. The number of carbonyl (C=O) groups is 1. The van der Waals surface area contributed by atoms with E-state index in [9.17, 15) is 4.79 Å². The van der Waals surface area contributed by atoms with E-state index in [4.69, 9.17) is 18.9 Å². The predicted octanol–water partition coefficient (Wildman–Crippen LogP) is 2.44. The van der Waals surface area contributed by atoms with Crippen molar-refractivity contribution in [1.82, 2.24) is 0 Å². The zero-order valence-electron chi connectivity index (χ0n) is 11.5. The number of hydrogen-bond acceptors (Lipinski definition) is 5. The number of carbonyl (C=O) groups excluding carboxylic acids is 1. The van der Waals surface area contributed by atoms with E-state index in [-0.39, 0.29) is 24.5 Å². The molecule has 1 aromatic carbocycles. The number of esters is 1. The van der Waals surface area contributed by atoms with Gasteiger partial charge < -0.3 is 18.9 Å². The van der Waals surface area contributed by atoms with Crippen molar-refractivity contribution in [2.75, 3.05) is 7.11 Å². The molecule has 1 heterocycles. The molecule has 0 aromatic heterocycles. The second kappa shape index (κ2) is 5.59. The highest BCUT2D eigenvalue weighted by Gasteiger charge is 2.34. The number of methoxy groups -OCH3 is 1. The van der Waals surface area contributed by atoms with Crippen LogP contribution in [0.25, 0.3) is 0 Å². The normalized spacial score (nSPS) is 26.2.